The maximum atomic E-state index is 10.7. The molecule has 0 atom stereocenters. The number of halogens is 1. The van der Waals surface area contributed by atoms with Crippen molar-refractivity contribution in [2.24, 2.45) is 0 Å². The predicted molar refractivity (Wildman–Crippen MR) is 69.7 cm³/mol. The third-order valence-electron chi connectivity index (χ3n) is 2.56. The Balaban J connectivity index is 2.57. The van der Waals surface area contributed by atoms with Crippen molar-refractivity contribution >= 4 is 22.2 Å². The van der Waals surface area contributed by atoms with Crippen LogP contribution in [0, 0.1) is 6.92 Å². The largest absolute Gasteiger partial charge is 0.298 e. The lowest BCUT2D eigenvalue weighted by molar-refractivity contribution is 0.112. The third kappa shape index (κ3) is 2.07. The van der Waals surface area contributed by atoms with Crippen molar-refractivity contribution in [3.8, 4) is 11.1 Å². The Morgan fingerprint density at radius 1 is 1.06 bits per heavy atom. The highest BCUT2D eigenvalue weighted by Gasteiger charge is 2.05. The van der Waals surface area contributed by atoms with Gasteiger partial charge in [0.15, 0.2) is 0 Å². The lowest BCUT2D eigenvalue weighted by Crippen LogP contribution is -1.86. The minimum absolute atomic E-state index is 0.684. The number of carbonyl (C=O) groups is 1. The molecule has 1 nitrogen and oxygen atoms in total. The number of hydrogen-bond acceptors (Lipinski definition) is 1. The molecule has 0 fully saturated rings. The van der Waals surface area contributed by atoms with Crippen molar-refractivity contribution in [3.63, 3.8) is 0 Å². The maximum Gasteiger partial charge on any atom is 0.150 e. The van der Waals surface area contributed by atoms with E-state index in [1.54, 1.807) is 0 Å². The van der Waals surface area contributed by atoms with Crippen LogP contribution in [0.1, 0.15) is 15.9 Å². The van der Waals surface area contributed by atoms with Crippen LogP contribution in [0.25, 0.3) is 11.1 Å². The molecule has 0 aromatic heterocycles. The average Bonchev–Trinajstić information content (AvgIpc) is 2.30. The van der Waals surface area contributed by atoms with Crippen molar-refractivity contribution in [1.82, 2.24) is 0 Å². The van der Waals surface area contributed by atoms with Crippen molar-refractivity contribution in [3.05, 3.63) is 58.1 Å². The van der Waals surface area contributed by atoms with Gasteiger partial charge in [-0.15, -0.1) is 0 Å². The topological polar surface area (TPSA) is 17.1 Å². The Labute approximate surface area is 103 Å². The Morgan fingerprint density at radius 3 is 2.44 bits per heavy atom. The maximum absolute atomic E-state index is 10.7. The molecule has 0 aliphatic heterocycles. The third-order valence-corrected chi connectivity index (χ3v) is 3.22. The van der Waals surface area contributed by atoms with E-state index in [9.17, 15) is 4.79 Å². The smallest absolute Gasteiger partial charge is 0.150 e. The number of carbonyl (C=O) groups excluding carboxylic acids is 1. The fourth-order valence-electron chi connectivity index (χ4n) is 1.70. The second-order valence-corrected chi connectivity index (χ2v) is 4.53. The molecule has 0 unspecified atom stereocenters. The summed E-state index contributed by atoms with van der Waals surface area (Å²) in [6.45, 7) is 2.08. The van der Waals surface area contributed by atoms with E-state index >= 15 is 0 Å². The standard InChI is InChI=1S/C14H11BrO/c1-10-4-2-3-5-12(10)13-7-6-11(9-16)8-14(13)15/h2-9H,1H3. The second-order valence-electron chi connectivity index (χ2n) is 3.67. The number of aryl methyl sites for hydroxylation is 1. The number of benzene rings is 2. The van der Waals surface area contributed by atoms with Gasteiger partial charge < -0.3 is 0 Å². The molecule has 2 aromatic carbocycles. The van der Waals surface area contributed by atoms with Gasteiger partial charge in [0.2, 0.25) is 0 Å². The molecule has 0 N–H and O–H groups in total. The van der Waals surface area contributed by atoms with Crippen LogP contribution in [0.3, 0.4) is 0 Å². The normalized spacial score (nSPS) is 10.1. The van der Waals surface area contributed by atoms with Gasteiger partial charge in [0, 0.05) is 10.0 Å². The summed E-state index contributed by atoms with van der Waals surface area (Å²) in [6, 6.07) is 13.8. The second kappa shape index (κ2) is 4.62. The SMILES string of the molecule is Cc1ccccc1-c1ccc(C=O)cc1Br. The Morgan fingerprint density at radius 2 is 1.81 bits per heavy atom. The van der Waals surface area contributed by atoms with E-state index in [4.69, 9.17) is 0 Å². The van der Waals surface area contributed by atoms with E-state index in [-0.39, 0.29) is 0 Å². The molecule has 0 amide bonds. The van der Waals surface area contributed by atoms with Gasteiger partial charge in [0.05, 0.1) is 0 Å². The van der Waals surface area contributed by atoms with Gasteiger partial charge in [-0.25, -0.2) is 0 Å². The summed E-state index contributed by atoms with van der Waals surface area (Å²) >= 11 is 3.50. The van der Waals surface area contributed by atoms with Crippen LogP contribution >= 0.6 is 15.9 Å². The highest BCUT2D eigenvalue weighted by Crippen LogP contribution is 2.30. The van der Waals surface area contributed by atoms with Gasteiger partial charge in [-0.1, -0.05) is 52.3 Å². The highest BCUT2D eigenvalue weighted by atomic mass is 79.9. The lowest BCUT2D eigenvalue weighted by atomic mass is 10.00. The molecular weight excluding hydrogens is 264 g/mol. The van der Waals surface area contributed by atoms with Gasteiger partial charge in [-0.05, 0) is 29.7 Å². The molecule has 0 saturated heterocycles. The van der Waals surface area contributed by atoms with Crippen LogP contribution in [0.4, 0.5) is 0 Å². The summed E-state index contributed by atoms with van der Waals surface area (Å²) in [5.74, 6) is 0. The summed E-state index contributed by atoms with van der Waals surface area (Å²) in [4.78, 5) is 10.7. The molecule has 0 saturated carbocycles. The van der Waals surface area contributed by atoms with E-state index in [2.05, 4.69) is 35.0 Å². The monoisotopic (exact) mass is 274 g/mol. The molecule has 80 valence electrons. The zero-order chi connectivity index (χ0) is 11.5. The molecule has 0 aliphatic carbocycles. The molecule has 0 heterocycles. The van der Waals surface area contributed by atoms with Crippen molar-refractivity contribution in [2.75, 3.05) is 0 Å². The van der Waals surface area contributed by atoms with E-state index in [1.807, 2.05) is 30.3 Å². The Bertz CT molecular complexity index is 532. The predicted octanol–water partition coefficient (Wildman–Crippen LogP) is 4.24. The summed E-state index contributed by atoms with van der Waals surface area (Å²) in [5.41, 5.74) is 4.21. The average molecular weight is 275 g/mol. The molecule has 2 rings (SSSR count). The quantitative estimate of drug-likeness (QED) is 0.749. The van der Waals surface area contributed by atoms with E-state index in [0.29, 0.717) is 5.56 Å². The Hall–Kier alpha value is -1.41. The van der Waals surface area contributed by atoms with Crippen LogP contribution in [0.15, 0.2) is 46.9 Å². The number of hydrogen-bond donors (Lipinski definition) is 0. The van der Waals surface area contributed by atoms with E-state index in [1.165, 1.54) is 11.1 Å². The van der Waals surface area contributed by atoms with Crippen LogP contribution in [0.5, 0.6) is 0 Å². The van der Waals surface area contributed by atoms with Crippen molar-refractivity contribution < 1.29 is 4.79 Å². The van der Waals surface area contributed by atoms with Gasteiger partial charge in [0.1, 0.15) is 6.29 Å². The molecule has 0 radical (unpaired) electrons. The van der Waals surface area contributed by atoms with Crippen molar-refractivity contribution in [1.29, 1.82) is 0 Å². The summed E-state index contributed by atoms with van der Waals surface area (Å²) < 4.78 is 0.950. The van der Waals surface area contributed by atoms with Gasteiger partial charge in [0.25, 0.3) is 0 Å². The van der Waals surface area contributed by atoms with Gasteiger partial charge >= 0.3 is 0 Å². The zero-order valence-electron chi connectivity index (χ0n) is 8.91. The van der Waals surface area contributed by atoms with E-state index in [0.717, 1.165) is 16.3 Å². The summed E-state index contributed by atoms with van der Waals surface area (Å²) in [5, 5.41) is 0. The zero-order valence-corrected chi connectivity index (χ0v) is 10.5. The van der Waals surface area contributed by atoms with Crippen LogP contribution < -0.4 is 0 Å². The fraction of sp³-hybridized carbons (Fsp3) is 0.0714. The van der Waals surface area contributed by atoms with Crippen LogP contribution in [-0.4, -0.2) is 6.29 Å². The molecule has 16 heavy (non-hydrogen) atoms. The summed E-state index contributed by atoms with van der Waals surface area (Å²) in [7, 11) is 0. The minimum atomic E-state index is 0.684. The molecular formula is C14H11BrO. The molecule has 0 aliphatic rings. The first-order valence-electron chi connectivity index (χ1n) is 5.03. The number of rotatable bonds is 2. The molecule has 2 heteroatoms. The van der Waals surface area contributed by atoms with Crippen LogP contribution in [0.2, 0.25) is 0 Å². The molecule has 0 bridgehead atoms. The molecule has 2 aromatic rings. The van der Waals surface area contributed by atoms with Crippen LogP contribution in [-0.2, 0) is 0 Å². The first-order chi connectivity index (χ1) is 7.72. The molecule has 0 spiro atoms. The summed E-state index contributed by atoms with van der Waals surface area (Å²) in [6.07, 6.45) is 0.854. The first kappa shape index (κ1) is 11.1. The van der Waals surface area contributed by atoms with Gasteiger partial charge in [-0.2, -0.15) is 0 Å². The fourth-order valence-corrected chi connectivity index (χ4v) is 2.31. The highest BCUT2D eigenvalue weighted by molar-refractivity contribution is 9.10. The van der Waals surface area contributed by atoms with Gasteiger partial charge in [-0.3, -0.25) is 4.79 Å². The first-order valence-corrected chi connectivity index (χ1v) is 5.82. The minimum Gasteiger partial charge on any atom is -0.298 e. The Kier molecular flexibility index (Phi) is 3.20. The van der Waals surface area contributed by atoms with Crippen molar-refractivity contribution in [2.45, 2.75) is 6.92 Å². The lowest BCUT2D eigenvalue weighted by Gasteiger charge is -2.08. The van der Waals surface area contributed by atoms with E-state index < -0.39 is 0 Å². The number of aldehydes is 1.